The van der Waals surface area contributed by atoms with E-state index in [0.717, 1.165) is 19.5 Å². The van der Waals surface area contributed by atoms with Gasteiger partial charge in [0, 0.05) is 18.6 Å². The minimum atomic E-state index is 0.123. The van der Waals surface area contributed by atoms with E-state index >= 15 is 0 Å². The number of hydrogen-bond acceptors (Lipinski definition) is 2. The molecule has 0 atom stereocenters. The van der Waals surface area contributed by atoms with Gasteiger partial charge in [0.2, 0.25) is 0 Å². The van der Waals surface area contributed by atoms with E-state index in [1.54, 1.807) is 0 Å². The lowest BCUT2D eigenvalue weighted by Crippen LogP contribution is -2.36. The molecule has 1 aliphatic rings. The van der Waals surface area contributed by atoms with Crippen LogP contribution in [0.25, 0.3) is 0 Å². The first kappa shape index (κ1) is 11.6. The van der Waals surface area contributed by atoms with Crippen molar-refractivity contribution in [3.63, 3.8) is 0 Å². The molecule has 0 aromatic heterocycles. The minimum Gasteiger partial charge on any atom is -0.324 e. The summed E-state index contributed by atoms with van der Waals surface area (Å²) in [7, 11) is 2.15. The first-order chi connectivity index (χ1) is 7.61. The van der Waals surface area contributed by atoms with E-state index in [2.05, 4.69) is 43.1 Å². The number of nitrogens with two attached hydrogens (primary N) is 1. The van der Waals surface area contributed by atoms with Crippen molar-refractivity contribution in [1.29, 1.82) is 0 Å². The van der Waals surface area contributed by atoms with Crippen LogP contribution in [-0.4, -0.2) is 24.0 Å². The van der Waals surface area contributed by atoms with Crippen molar-refractivity contribution in [3.8, 4) is 0 Å². The van der Waals surface area contributed by atoms with Gasteiger partial charge in [-0.15, -0.1) is 0 Å². The van der Waals surface area contributed by atoms with Crippen LogP contribution in [0.15, 0.2) is 24.3 Å². The number of nitrogens with zero attached hydrogens (tertiary/aromatic N) is 1. The SMILES string of the molecule is CCc1ccc(CN(C)CC2(N)CC2)cc1. The summed E-state index contributed by atoms with van der Waals surface area (Å²) in [6.45, 7) is 4.21. The van der Waals surface area contributed by atoms with Gasteiger partial charge in [0.15, 0.2) is 0 Å². The summed E-state index contributed by atoms with van der Waals surface area (Å²) >= 11 is 0. The highest BCUT2D eigenvalue weighted by atomic mass is 15.1. The Balaban J connectivity index is 1.87. The van der Waals surface area contributed by atoms with E-state index in [9.17, 15) is 0 Å². The molecule has 0 aliphatic heterocycles. The third-order valence-corrected chi connectivity index (χ3v) is 3.36. The molecule has 1 aromatic rings. The zero-order valence-electron chi connectivity index (χ0n) is 10.4. The van der Waals surface area contributed by atoms with Gasteiger partial charge in [-0.1, -0.05) is 31.2 Å². The molecule has 16 heavy (non-hydrogen) atoms. The third-order valence-electron chi connectivity index (χ3n) is 3.36. The molecule has 1 aliphatic carbocycles. The van der Waals surface area contributed by atoms with Crippen LogP contribution in [0.2, 0.25) is 0 Å². The number of aryl methyl sites for hydroxylation is 1. The maximum Gasteiger partial charge on any atom is 0.0284 e. The molecule has 0 spiro atoms. The van der Waals surface area contributed by atoms with Crippen molar-refractivity contribution >= 4 is 0 Å². The minimum absolute atomic E-state index is 0.123. The summed E-state index contributed by atoms with van der Waals surface area (Å²) in [5.41, 5.74) is 9.01. The van der Waals surface area contributed by atoms with E-state index < -0.39 is 0 Å². The molecule has 2 N–H and O–H groups in total. The molecule has 1 aromatic carbocycles. The second-order valence-electron chi connectivity index (χ2n) is 5.20. The monoisotopic (exact) mass is 218 g/mol. The van der Waals surface area contributed by atoms with Crippen molar-refractivity contribution in [3.05, 3.63) is 35.4 Å². The van der Waals surface area contributed by atoms with E-state index in [1.807, 2.05) is 0 Å². The normalized spacial score (nSPS) is 17.8. The quantitative estimate of drug-likeness (QED) is 0.820. The maximum absolute atomic E-state index is 6.11. The summed E-state index contributed by atoms with van der Waals surface area (Å²) in [6.07, 6.45) is 3.49. The molecule has 2 rings (SSSR count). The number of rotatable bonds is 5. The highest BCUT2D eigenvalue weighted by molar-refractivity contribution is 5.22. The van der Waals surface area contributed by atoms with Crippen molar-refractivity contribution in [2.24, 2.45) is 5.73 Å². The van der Waals surface area contributed by atoms with Gasteiger partial charge >= 0.3 is 0 Å². The van der Waals surface area contributed by atoms with E-state index in [1.165, 1.54) is 24.0 Å². The number of benzene rings is 1. The highest BCUT2D eigenvalue weighted by Crippen LogP contribution is 2.32. The Morgan fingerprint density at radius 2 is 1.75 bits per heavy atom. The van der Waals surface area contributed by atoms with Crippen LogP contribution in [-0.2, 0) is 13.0 Å². The Labute approximate surface area is 98.4 Å². The molecule has 2 nitrogen and oxygen atoms in total. The molecule has 1 fully saturated rings. The topological polar surface area (TPSA) is 29.3 Å². The molecule has 0 saturated heterocycles. The van der Waals surface area contributed by atoms with Crippen LogP contribution >= 0.6 is 0 Å². The van der Waals surface area contributed by atoms with Crippen LogP contribution < -0.4 is 5.73 Å². The Morgan fingerprint density at radius 3 is 2.25 bits per heavy atom. The Hall–Kier alpha value is -0.860. The molecule has 2 heteroatoms. The van der Waals surface area contributed by atoms with Crippen LogP contribution in [0.3, 0.4) is 0 Å². The van der Waals surface area contributed by atoms with Gasteiger partial charge < -0.3 is 10.6 Å². The third kappa shape index (κ3) is 3.06. The van der Waals surface area contributed by atoms with E-state index in [0.29, 0.717) is 0 Å². The van der Waals surface area contributed by atoms with Crippen LogP contribution in [0.4, 0.5) is 0 Å². The van der Waals surface area contributed by atoms with Gasteiger partial charge in [-0.05, 0) is 37.4 Å². The van der Waals surface area contributed by atoms with Crippen molar-refractivity contribution in [2.75, 3.05) is 13.6 Å². The largest absolute Gasteiger partial charge is 0.324 e. The summed E-state index contributed by atoms with van der Waals surface area (Å²) < 4.78 is 0. The lowest BCUT2D eigenvalue weighted by molar-refractivity contribution is 0.296. The predicted octanol–water partition coefficient (Wildman–Crippen LogP) is 2.17. The van der Waals surface area contributed by atoms with Gasteiger partial charge in [-0.25, -0.2) is 0 Å². The standard InChI is InChI=1S/C14H22N2/c1-3-12-4-6-13(7-5-12)10-16(2)11-14(15)8-9-14/h4-7H,3,8-11,15H2,1-2H3. The molecule has 0 heterocycles. The fourth-order valence-electron chi connectivity index (χ4n) is 2.10. The van der Waals surface area contributed by atoms with Crippen molar-refractivity contribution in [2.45, 2.75) is 38.3 Å². The maximum atomic E-state index is 6.11. The number of hydrogen-bond donors (Lipinski definition) is 1. The molecule has 0 bridgehead atoms. The first-order valence-corrected chi connectivity index (χ1v) is 6.16. The average Bonchev–Trinajstić information content (AvgIpc) is 2.96. The molecular weight excluding hydrogens is 196 g/mol. The Morgan fingerprint density at radius 1 is 1.19 bits per heavy atom. The molecule has 1 saturated carbocycles. The van der Waals surface area contributed by atoms with Crippen LogP contribution in [0.5, 0.6) is 0 Å². The summed E-state index contributed by atoms with van der Waals surface area (Å²) in [6, 6.07) is 8.90. The zero-order valence-corrected chi connectivity index (χ0v) is 10.4. The van der Waals surface area contributed by atoms with Gasteiger partial charge in [-0.3, -0.25) is 0 Å². The molecule has 0 radical (unpaired) electrons. The Bertz CT molecular complexity index is 338. The van der Waals surface area contributed by atoms with Gasteiger partial charge in [0.05, 0.1) is 0 Å². The zero-order chi connectivity index (χ0) is 11.6. The predicted molar refractivity (Wildman–Crippen MR) is 68.3 cm³/mol. The first-order valence-electron chi connectivity index (χ1n) is 6.16. The van der Waals surface area contributed by atoms with Crippen molar-refractivity contribution < 1.29 is 0 Å². The summed E-state index contributed by atoms with van der Waals surface area (Å²) in [5.74, 6) is 0. The van der Waals surface area contributed by atoms with Crippen LogP contribution in [0.1, 0.15) is 30.9 Å². The molecular formula is C14H22N2. The van der Waals surface area contributed by atoms with Crippen molar-refractivity contribution in [1.82, 2.24) is 4.90 Å². The number of likely N-dealkylation sites (N-methyl/N-ethyl adjacent to an activating group) is 1. The second-order valence-corrected chi connectivity index (χ2v) is 5.20. The average molecular weight is 218 g/mol. The van der Waals surface area contributed by atoms with Gasteiger partial charge in [-0.2, -0.15) is 0 Å². The Kier molecular flexibility index (Phi) is 3.31. The lowest BCUT2D eigenvalue weighted by atomic mass is 10.1. The molecule has 0 unspecified atom stereocenters. The van der Waals surface area contributed by atoms with E-state index in [-0.39, 0.29) is 5.54 Å². The van der Waals surface area contributed by atoms with E-state index in [4.69, 9.17) is 5.73 Å². The highest BCUT2D eigenvalue weighted by Gasteiger charge is 2.38. The smallest absolute Gasteiger partial charge is 0.0284 e. The van der Waals surface area contributed by atoms with Gasteiger partial charge in [0.25, 0.3) is 0 Å². The fraction of sp³-hybridized carbons (Fsp3) is 0.571. The molecule has 0 amide bonds. The summed E-state index contributed by atoms with van der Waals surface area (Å²) in [5, 5.41) is 0. The fourth-order valence-corrected chi connectivity index (χ4v) is 2.10. The summed E-state index contributed by atoms with van der Waals surface area (Å²) in [4.78, 5) is 2.33. The van der Waals surface area contributed by atoms with Crippen LogP contribution in [0, 0.1) is 0 Å². The lowest BCUT2D eigenvalue weighted by Gasteiger charge is -2.20. The second kappa shape index (κ2) is 4.56. The van der Waals surface area contributed by atoms with Gasteiger partial charge in [0.1, 0.15) is 0 Å². The molecule has 88 valence electrons.